The number of carbonyl (C=O) groups excluding carboxylic acids is 1. The van der Waals surface area contributed by atoms with Crippen LogP contribution in [0, 0.1) is 12.0 Å². The van der Waals surface area contributed by atoms with E-state index in [9.17, 15) is 9.18 Å². The van der Waals surface area contributed by atoms with Gasteiger partial charge in [0.2, 0.25) is 0 Å². The Hall–Kier alpha value is -1.18. The standard InChI is InChI=1S/C11H12FO/c1-8(2)6-7-9-4-3-5-10(12)11(9)13/h3-4,6,9H,7H2,1-2H3. The van der Waals surface area contributed by atoms with Crippen LogP contribution in [-0.4, -0.2) is 5.78 Å². The van der Waals surface area contributed by atoms with Gasteiger partial charge in [-0.3, -0.25) is 4.79 Å². The third kappa shape index (κ3) is 2.65. The Balaban J connectivity index is 2.64. The number of allylic oxidation sites excluding steroid dienone is 6. The minimum Gasteiger partial charge on any atom is -0.291 e. The number of hydrogen-bond acceptors (Lipinski definition) is 1. The highest BCUT2D eigenvalue weighted by atomic mass is 19.1. The topological polar surface area (TPSA) is 17.1 Å². The van der Waals surface area contributed by atoms with Crippen LogP contribution < -0.4 is 0 Å². The highest BCUT2D eigenvalue weighted by Gasteiger charge is 2.21. The van der Waals surface area contributed by atoms with Crippen molar-refractivity contribution < 1.29 is 9.18 Å². The van der Waals surface area contributed by atoms with Crippen molar-refractivity contribution in [3.63, 3.8) is 0 Å². The lowest BCUT2D eigenvalue weighted by molar-refractivity contribution is -0.119. The Labute approximate surface area is 77.6 Å². The molecular weight excluding hydrogens is 167 g/mol. The molecule has 69 valence electrons. The molecule has 0 saturated heterocycles. The summed E-state index contributed by atoms with van der Waals surface area (Å²) in [5.74, 6) is -1.55. The summed E-state index contributed by atoms with van der Waals surface area (Å²) in [7, 11) is 0. The van der Waals surface area contributed by atoms with E-state index in [2.05, 4.69) is 6.08 Å². The van der Waals surface area contributed by atoms with Gasteiger partial charge in [-0.05, 0) is 20.3 Å². The second kappa shape index (κ2) is 4.17. The molecule has 0 spiro atoms. The van der Waals surface area contributed by atoms with Crippen molar-refractivity contribution in [3.05, 3.63) is 35.7 Å². The third-order valence-corrected chi connectivity index (χ3v) is 1.87. The molecule has 1 aliphatic carbocycles. The zero-order chi connectivity index (χ0) is 9.84. The second-order valence-electron chi connectivity index (χ2n) is 3.31. The first-order valence-electron chi connectivity index (χ1n) is 4.24. The summed E-state index contributed by atoms with van der Waals surface area (Å²) in [6.45, 7) is 3.91. The summed E-state index contributed by atoms with van der Waals surface area (Å²) in [6.07, 6.45) is 7.92. The van der Waals surface area contributed by atoms with Gasteiger partial charge in [-0.15, -0.1) is 0 Å². The first kappa shape index (κ1) is 9.90. The Kier molecular flexibility index (Phi) is 3.18. The molecule has 2 heteroatoms. The monoisotopic (exact) mass is 179 g/mol. The molecule has 0 aliphatic heterocycles. The SMILES string of the molecule is CC(C)=CCC1C=C[C]=C(F)C1=O. The third-order valence-electron chi connectivity index (χ3n) is 1.87. The lowest BCUT2D eigenvalue weighted by Gasteiger charge is -2.10. The highest BCUT2D eigenvalue weighted by Crippen LogP contribution is 2.19. The average molecular weight is 179 g/mol. The number of halogens is 1. The fraction of sp³-hybridized carbons (Fsp3) is 0.364. The van der Waals surface area contributed by atoms with Crippen molar-refractivity contribution >= 4 is 5.78 Å². The van der Waals surface area contributed by atoms with E-state index >= 15 is 0 Å². The van der Waals surface area contributed by atoms with Gasteiger partial charge in [-0.2, -0.15) is 0 Å². The smallest absolute Gasteiger partial charge is 0.198 e. The Morgan fingerprint density at radius 3 is 3.00 bits per heavy atom. The number of hydrogen-bond donors (Lipinski definition) is 0. The largest absolute Gasteiger partial charge is 0.291 e. The predicted octanol–water partition coefficient (Wildman–Crippen LogP) is 2.75. The van der Waals surface area contributed by atoms with Gasteiger partial charge in [-0.1, -0.05) is 23.8 Å². The van der Waals surface area contributed by atoms with Crippen LogP contribution in [0.25, 0.3) is 0 Å². The maximum Gasteiger partial charge on any atom is 0.198 e. The summed E-state index contributed by atoms with van der Waals surface area (Å²) < 4.78 is 12.7. The van der Waals surface area contributed by atoms with Crippen LogP contribution in [0.5, 0.6) is 0 Å². The molecule has 0 aromatic carbocycles. The molecule has 13 heavy (non-hydrogen) atoms. The molecule has 0 aromatic rings. The molecule has 0 bridgehead atoms. The fourth-order valence-corrected chi connectivity index (χ4v) is 1.11. The summed E-state index contributed by atoms with van der Waals surface area (Å²) in [6, 6.07) is 0. The van der Waals surface area contributed by atoms with E-state index < -0.39 is 11.6 Å². The van der Waals surface area contributed by atoms with Crippen LogP contribution in [-0.2, 0) is 4.79 Å². The zero-order valence-corrected chi connectivity index (χ0v) is 7.80. The first-order valence-corrected chi connectivity index (χ1v) is 4.24. The number of Topliss-reactive ketones (excluding diaryl/α,β-unsaturated/α-hetero) is 1. The van der Waals surface area contributed by atoms with Gasteiger partial charge in [0.05, 0.1) is 0 Å². The lowest BCUT2D eigenvalue weighted by atomic mass is 9.94. The van der Waals surface area contributed by atoms with Gasteiger partial charge < -0.3 is 0 Å². The first-order chi connectivity index (χ1) is 6.11. The lowest BCUT2D eigenvalue weighted by Crippen LogP contribution is -2.14. The Morgan fingerprint density at radius 2 is 2.38 bits per heavy atom. The maximum atomic E-state index is 12.7. The molecule has 0 amide bonds. The molecule has 1 unspecified atom stereocenters. The van der Waals surface area contributed by atoms with Crippen LogP contribution in [0.2, 0.25) is 0 Å². The van der Waals surface area contributed by atoms with Crippen LogP contribution in [0.4, 0.5) is 4.39 Å². The molecule has 0 heterocycles. The molecule has 1 aliphatic rings. The van der Waals surface area contributed by atoms with Gasteiger partial charge in [0.1, 0.15) is 0 Å². The van der Waals surface area contributed by atoms with Crippen LogP contribution in [0.1, 0.15) is 20.3 Å². The van der Waals surface area contributed by atoms with Crippen LogP contribution >= 0.6 is 0 Å². The predicted molar refractivity (Wildman–Crippen MR) is 49.5 cm³/mol. The number of carbonyl (C=O) groups is 1. The molecule has 1 atom stereocenters. The van der Waals surface area contributed by atoms with E-state index in [4.69, 9.17) is 0 Å². The maximum absolute atomic E-state index is 12.7. The minimum absolute atomic E-state index is 0.337. The summed E-state index contributed by atoms with van der Waals surface area (Å²) >= 11 is 0. The van der Waals surface area contributed by atoms with Gasteiger partial charge in [0.15, 0.2) is 11.6 Å². The normalized spacial score (nSPS) is 21.3. The second-order valence-corrected chi connectivity index (χ2v) is 3.31. The van der Waals surface area contributed by atoms with Crippen molar-refractivity contribution in [1.29, 1.82) is 0 Å². The molecule has 0 N–H and O–H groups in total. The summed E-state index contributed by atoms with van der Waals surface area (Å²) in [5.41, 5.74) is 1.14. The molecule has 0 saturated carbocycles. The van der Waals surface area contributed by atoms with Gasteiger partial charge in [0, 0.05) is 12.0 Å². The summed E-state index contributed by atoms with van der Waals surface area (Å²) in [5, 5.41) is 0. The van der Waals surface area contributed by atoms with E-state index in [1.807, 2.05) is 19.9 Å². The van der Waals surface area contributed by atoms with Crippen molar-refractivity contribution in [1.82, 2.24) is 0 Å². The van der Waals surface area contributed by atoms with Gasteiger partial charge in [-0.25, -0.2) is 4.39 Å². The van der Waals surface area contributed by atoms with E-state index in [1.165, 1.54) is 6.08 Å². The summed E-state index contributed by atoms with van der Waals surface area (Å²) in [4.78, 5) is 11.2. The minimum atomic E-state index is -0.755. The van der Waals surface area contributed by atoms with Crippen LogP contribution in [0.3, 0.4) is 0 Å². The van der Waals surface area contributed by atoms with Crippen molar-refractivity contribution in [3.8, 4) is 0 Å². The van der Waals surface area contributed by atoms with Gasteiger partial charge >= 0.3 is 0 Å². The molecule has 1 nitrogen and oxygen atoms in total. The van der Waals surface area contributed by atoms with E-state index in [-0.39, 0.29) is 5.92 Å². The van der Waals surface area contributed by atoms with E-state index in [1.54, 1.807) is 6.08 Å². The average Bonchev–Trinajstić information content (AvgIpc) is 2.07. The zero-order valence-electron chi connectivity index (χ0n) is 7.80. The molecule has 1 rings (SSSR count). The quantitative estimate of drug-likeness (QED) is 0.596. The molecule has 0 aromatic heterocycles. The van der Waals surface area contributed by atoms with Crippen molar-refractivity contribution in [2.75, 3.05) is 0 Å². The fourth-order valence-electron chi connectivity index (χ4n) is 1.11. The highest BCUT2D eigenvalue weighted by molar-refractivity contribution is 5.97. The Morgan fingerprint density at radius 1 is 1.69 bits per heavy atom. The number of ketones is 1. The van der Waals surface area contributed by atoms with Crippen LogP contribution in [0.15, 0.2) is 29.6 Å². The van der Waals surface area contributed by atoms with E-state index in [0.717, 1.165) is 5.57 Å². The molecule has 0 fully saturated rings. The molecule has 1 radical (unpaired) electrons. The van der Waals surface area contributed by atoms with Gasteiger partial charge in [0.25, 0.3) is 0 Å². The van der Waals surface area contributed by atoms with Crippen molar-refractivity contribution in [2.45, 2.75) is 20.3 Å². The Bertz CT molecular complexity index is 293. The molecular formula is C11H12FO. The van der Waals surface area contributed by atoms with E-state index in [0.29, 0.717) is 6.42 Å². The number of rotatable bonds is 2. The van der Waals surface area contributed by atoms with Crippen molar-refractivity contribution in [2.24, 2.45) is 5.92 Å².